The van der Waals surface area contributed by atoms with Crippen molar-refractivity contribution in [3.63, 3.8) is 0 Å². The molecule has 1 aliphatic carbocycles. The molecule has 1 aliphatic heterocycles. The number of carbonyl (C=O) groups is 1. The van der Waals surface area contributed by atoms with Gasteiger partial charge in [0.2, 0.25) is 0 Å². The summed E-state index contributed by atoms with van der Waals surface area (Å²) in [4.78, 5) is 22.4. The van der Waals surface area contributed by atoms with Crippen LogP contribution in [0.2, 0.25) is 5.02 Å². The normalized spacial score (nSPS) is 22.7. The lowest BCUT2D eigenvalue weighted by molar-refractivity contribution is -0.0587. The van der Waals surface area contributed by atoms with Gasteiger partial charge >= 0.3 is 0 Å². The highest BCUT2D eigenvalue weighted by Crippen LogP contribution is 2.28. The van der Waals surface area contributed by atoms with E-state index in [2.05, 4.69) is 11.9 Å². The van der Waals surface area contributed by atoms with Gasteiger partial charge in [0.25, 0.3) is 5.91 Å². The molecule has 1 amide bonds. The SMILES string of the molecule is C[C@@H]1CN(C(=O)c2nc3ccc(Cl)cn3c2CN(C)CCCC2CCCC2)C[C@H](C)O1. The molecule has 2 aromatic rings. The molecular weight excluding hydrogens is 412 g/mol. The minimum absolute atomic E-state index is 0.0174. The van der Waals surface area contributed by atoms with Crippen LogP contribution in [0, 0.1) is 5.92 Å². The summed E-state index contributed by atoms with van der Waals surface area (Å²) in [5.74, 6) is 0.890. The lowest BCUT2D eigenvalue weighted by Gasteiger charge is -2.35. The summed E-state index contributed by atoms with van der Waals surface area (Å²) in [5.41, 5.74) is 2.21. The second-order valence-electron chi connectivity index (χ2n) is 9.48. The van der Waals surface area contributed by atoms with Crippen molar-refractivity contribution in [2.75, 3.05) is 26.7 Å². The third kappa shape index (κ3) is 5.41. The van der Waals surface area contributed by atoms with Crippen molar-refractivity contribution in [2.24, 2.45) is 5.92 Å². The Morgan fingerprint density at radius 3 is 2.65 bits per heavy atom. The van der Waals surface area contributed by atoms with Gasteiger partial charge in [-0.3, -0.25) is 4.79 Å². The van der Waals surface area contributed by atoms with E-state index in [-0.39, 0.29) is 18.1 Å². The lowest BCUT2D eigenvalue weighted by Crippen LogP contribution is -2.48. The highest BCUT2D eigenvalue weighted by Gasteiger charge is 2.30. The molecule has 0 bridgehead atoms. The van der Waals surface area contributed by atoms with E-state index in [1.54, 1.807) is 0 Å². The third-order valence-corrected chi connectivity index (χ3v) is 6.86. The van der Waals surface area contributed by atoms with Crippen LogP contribution in [-0.2, 0) is 11.3 Å². The topological polar surface area (TPSA) is 50.1 Å². The summed E-state index contributed by atoms with van der Waals surface area (Å²) in [6.45, 7) is 6.89. The number of fused-ring (bicyclic) bond motifs is 1. The first kappa shape index (κ1) is 22.6. The van der Waals surface area contributed by atoms with E-state index >= 15 is 0 Å². The van der Waals surface area contributed by atoms with Crippen LogP contribution < -0.4 is 0 Å². The second-order valence-corrected chi connectivity index (χ2v) is 9.92. The highest BCUT2D eigenvalue weighted by atomic mass is 35.5. The van der Waals surface area contributed by atoms with Gasteiger partial charge in [-0.15, -0.1) is 0 Å². The quantitative estimate of drug-likeness (QED) is 0.621. The Balaban J connectivity index is 1.52. The molecule has 6 nitrogen and oxygen atoms in total. The number of pyridine rings is 1. The Labute approximate surface area is 190 Å². The van der Waals surface area contributed by atoms with E-state index in [0.717, 1.165) is 23.8 Å². The molecule has 1 saturated heterocycles. The molecule has 170 valence electrons. The van der Waals surface area contributed by atoms with Gasteiger partial charge in [0.1, 0.15) is 5.65 Å². The number of nitrogens with zero attached hydrogens (tertiary/aromatic N) is 4. The van der Waals surface area contributed by atoms with Crippen molar-refractivity contribution in [1.29, 1.82) is 0 Å². The van der Waals surface area contributed by atoms with Gasteiger partial charge < -0.3 is 18.9 Å². The number of ether oxygens (including phenoxy) is 1. The first-order chi connectivity index (χ1) is 14.9. The second kappa shape index (κ2) is 9.88. The van der Waals surface area contributed by atoms with E-state index in [9.17, 15) is 4.79 Å². The third-order valence-electron chi connectivity index (χ3n) is 6.64. The number of aromatic nitrogens is 2. The predicted molar refractivity (Wildman–Crippen MR) is 124 cm³/mol. The van der Waals surface area contributed by atoms with Gasteiger partial charge in [-0.1, -0.05) is 37.3 Å². The Kier molecular flexibility index (Phi) is 7.19. The number of hydrogen-bond acceptors (Lipinski definition) is 4. The first-order valence-corrected chi connectivity index (χ1v) is 12.1. The van der Waals surface area contributed by atoms with Crippen molar-refractivity contribution >= 4 is 23.2 Å². The molecule has 0 unspecified atom stereocenters. The van der Waals surface area contributed by atoms with Crippen molar-refractivity contribution < 1.29 is 9.53 Å². The van der Waals surface area contributed by atoms with Crippen LogP contribution in [0.3, 0.4) is 0 Å². The van der Waals surface area contributed by atoms with E-state index in [4.69, 9.17) is 21.3 Å². The van der Waals surface area contributed by atoms with Crippen molar-refractivity contribution in [3.8, 4) is 0 Å². The molecule has 2 atom stereocenters. The number of morpholine rings is 1. The molecule has 2 aromatic heterocycles. The lowest BCUT2D eigenvalue weighted by atomic mass is 10.0. The van der Waals surface area contributed by atoms with Gasteiger partial charge in [0.15, 0.2) is 5.69 Å². The molecule has 2 aliphatic rings. The highest BCUT2D eigenvalue weighted by molar-refractivity contribution is 6.30. The molecule has 0 N–H and O–H groups in total. The van der Waals surface area contributed by atoms with Crippen LogP contribution >= 0.6 is 11.6 Å². The molecule has 3 heterocycles. The van der Waals surface area contributed by atoms with E-state index in [1.165, 1.54) is 38.5 Å². The van der Waals surface area contributed by atoms with E-state index in [0.29, 0.717) is 30.4 Å². The van der Waals surface area contributed by atoms with Crippen LogP contribution in [0.5, 0.6) is 0 Å². The molecule has 0 radical (unpaired) electrons. The van der Waals surface area contributed by atoms with Crippen molar-refractivity contribution in [2.45, 2.75) is 71.1 Å². The fraction of sp³-hybridized carbons (Fsp3) is 0.667. The Hall–Kier alpha value is -1.63. The van der Waals surface area contributed by atoms with Crippen LogP contribution in [0.25, 0.3) is 5.65 Å². The average Bonchev–Trinajstić information content (AvgIpc) is 3.35. The maximum Gasteiger partial charge on any atom is 0.274 e. The zero-order chi connectivity index (χ0) is 22.0. The molecule has 4 rings (SSSR count). The monoisotopic (exact) mass is 446 g/mol. The molecule has 1 saturated carbocycles. The van der Waals surface area contributed by atoms with Gasteiger partial charge in [0.05, 0.1) is 22.9 Å². The number of amides is 1. The van der Waals surface area contributed by atoms with Crippen molar-refractivity contribution in [3.05, 3.63) is 34.7 Å². The molecule has 31 heavy (non-hydrogen) atoms. The molecule has 2 fully saturated rings. The fourth-order valence-corrected chi connectivity index (χ4v) is 5.33. The van der Waals surface area contributed by atoms with Crippen LogP contribution in [0.4, 0.5) is 0 Å². The summed E-state index contributed by atoms with van der Waals surface area (Å²) < 4.78 is 7.80. The van der Waals surface area contributed by atoms with E-state index in [1.807, 2.05) is 41.5 Å². The van der Waals surface area contributed by atoms with Crippen LogP contribution in [0.1, 0.15) is 68.6 Å². The summed E-state index contributed by atoms with van der Waals surface area (Å²) in [7, 11) is 2.13. The minimum atomic E-state index is -0.0174. The fourth-order valence-electron chi connectivity index (χ4n) is 5.17. The molecule has 0 aromatic carbocycles. The molecular formula is C24H35ClN4O2. The smallest absolute Gasteiger partial charge is 0.274 e. The number of imidazole rings is 1. The maximum atomic E-state index is 13.5. The number of carbonyl (C=O) groups excluding carboxylic acids is 1. The summed E-state index contributed by atoms with van der Waals surface area (Å²) in [6, 6.07) is 3.71. The van der Waals surface area contributed by atoms with E-state index < -0.39 is 0 Å². The Morgan fingerprint density at radius 2 is 1.94 bits per heavy atom. The zero-order valence-electron chi connectivity index (χ0n) is 19.0. The van der Waals surface area contributed by atoms with Gasteiger partial charge in [-0.25, -0.2) is 4.98 Å². The van der Waals surface area contributed by atoms with Gasteiger partial charge in [-0.2, -0.15) is 0 Å². The number of rotatable bonds is 7. The van der Waals surface area contributed by atoms with Gasteiger partial charge in [-0.05, 0) is 58.3 Å². The largest absolute Gasteiger partial charge is 0.372 e. The number of halogens is 1. The first-order valence-electron chi connectivity index (χ1n) is 11.7. The molecule has 7 heteroatoms. The van der Waals surface area contributed by atoms with Crippen LogP contribution in [-0.4, -0.2) is 64.0 Å². The maximum absolute atomic E-state index is 13.5. The zero-order valence-corrected chi connectivity index (χ0v) is 19.8. The Bertz CT molecular complexity index is 898. The summed E-state index contributed by atoms with van der Waals surface area (Å²) >= 11 is 6.29. The van der Waals surface area contributed by atoms with Crippen molar-refractivity contribution in [1.82, 2.24) is 19.2 Å². The standard InChI is InChI=1S/C24H35ClN4O2/c1-17-13-28(14-18(2)31-17)24(30)23-21(29-15-20(25)10-11-22(29)26-23)16-27(3)12-6-9-19-7-4-5-8-19/h10-11,15,17-19H,4-9,12-14,16H2,1-3H3/t17-,18+. The average molecular weight is 447 g/mol. The summed E-state index contributed by atoms with van der Waals surface area (Å²) in [6.07, 6.45) is 10.0. The Morgan fingerprint density at radius 1 is 1.23 bits per heavy atom. The van der Waals surface area contributed by atoms with Crippen LogP contribution in [0.15, 0.2) is 18.3 Å². The predicted octanol–water partition coefficient (Wildman–Crippen LogP) is 4.64. The van der Waals surface area contributed by atoms with Gasteiger partial charge in [0, 0.05) is 25.8 Å². The number of hydrogen-bond donors (Lipinski definition) is 0. The minimum Gasteiger partial charge on any atom is -0.372 e. The summed E-state index contributed by atoms with van der Waals surface area (Å²) in [5, 5.41) is 0.641. The molecule has 0 spiro atoms.